The summed E-state index contributed by atoms with van der Waals surface area (Å²) in [6, 6.07) is 13.9. The fourth-order valence-corrected chi connectivity index (χ4v) is 2.50. The van der Waals surface area contributed by atoms with Crippen molar-refractivity contribution in [2.45, 2.75) is 6.92 Å². The van der Waals surface area contributed by atoms with E-state index in [4.69, 9.17) is 4.42 Å². The molecule has 7 nitrogen and oxygen atoms in total. The molecule has 2 N–H and O–H groups in total. The lowest BCUT2D eigenvalue weighted by atomic mass is 10.1. The zero-order valence-electron chi connectivity index (χ0n) is 14.3. The summed E-state index contributed by atoms with van der Waals surface area (Å²) >= 11 is 0. The highest BCUT2D eigenvalue weighted by Crippen LogP contribution is 2.20. The molecule has 136 valence electrons. The molecule has 1 aromatic heterocycles. The van der Waals surface area contributed by atoms with Crippen molar-refractivity contribution < 1.29 is 23.9 Å². The predicted molar refractivity (Wildman–Crippen MR) is 96.6 cm³/mol. The van der Waals surface area contributed by atoms with Gasteiger partial charge in [-0.05, 0) is 48.9 Å². The molecule has 0 spiro atoms. The van der Waals surface area contributed by atoms with E-state index in [1.165, 1.54) is 24.5 Å². The number of benzene rings is 2. The number of hydrogen-bond donors (Lipinski definition) is 2. The number of nitrogens with one attached hydrogen (secondary N) is 2. The fraction of sp³-hybridized carbons (Fsp3) is 0.0500. The van der Waals surface area contributed by atoms with Crippen LogP contribution in [0.5, 0.6) is 0 Å². The summed E-state index contributed by atoms with van der Waals surface area (Å²) in [6.45, 7) is 1.74. The lowest BCUT2D eigenvalue weighted by molar-refractivity contribution is -0.254. The predicted octanol–water partition coefficient (Wildman–Crippen LogP) is 2.46. The largest absolute Gasteiger partial charge is 0.545 e. The zero-order chi connectivity index (χ0) is 19.4. The summed E-state index contributed by atoms with van der Waals surface area (Å²) in [5.74, 6) is -2.08. The quantitative estimate of drug-likeness (QED) is 0.723. The van der Waals surface area contributed by atoms with E-state index in [-0.39, 0.29) is 17.0 Å². The van der Waals surface area contributed by atoms with E-state index >= 15 is 0 Å². The average Bonchev–Trinajstić information content (AvgIpc) is 3.18. The minimum atomic E-state index is -1.38. The van der Waals surface area contributed by atoms with Crippen LogP contribution in [0.25, 0.3) is 0 Å². The standard InChI is InChI=1S/C20H16N2O5/c1-12-11-13(8-9-15(12)21-19(24)17-7-4-10-27-17)18(23)22-16-6-3-2-5-14(16)20(25)26/h2-11H,1H3,(H,21,24)(H,22,23)(H,25,26)/p-1. The monoisotopic (exact) mass is 363 g/mol. The third-order valence-corrected chi connectivity index (χ3v) is 3.88. The van der Waals surface area contributed by atoms with Gasteiger partial charge in [-0.1, -0.05) is 18.2 Å². The molecule has 0 radical (unpaired) electrons. The van der Waals surface area contributed by atoms with E-state index in [9.17, 15) is 19.5 Å². The van der Waals surface area contributed by atoms with Gasteiger partial charge in [0.05, 0.1) is 17.9 Å². The van der Waals surface area contributed by atoms with Gasteiger partial charge in [0.25, 0.3) is 11.8 Å². The van der Waals surface area contributed by atoms with Crippen LogP contribution < -0.4 is 15.7 Å². The molecule has 1 heterocycles. The van der Waals surface area contributed by atoms with Gasteiger partial charge in [-0.2, -0.15) is 0 Å². The van der Waals surface area contributed by atoms with Gasteiger partial charge in [0.15, 0.2) is 5.76 Å². The van der Waals surface area contributed by atoms with E-state index < -0.39 is 17.8 Å². The first kappa shape index (κ1) is 17.9. The van der Waals surface area contributed by atoms with Gasteiger partial charge in [-0.3, -0.25) is 9.59 Å². The molecule has 27 heavy (non-hydrogen) atoms. The third-order valence-electron chi connectivity index (χ3n) is 3.88. The zero-order valence-corrected chi connectivity index (χ0v) is 14.3. The van der Waals surface area contributed by atoms with Gasteiger partial charge >= 0.3 is 0 Å². The molecular formula is C20H15N2O5-. The van der Waals surface area contributed by atoms with Crippen LogP contribution in [-0.4, -0.2) is 17.8 Å². The van der Waals surface area contributed by atoms with E-state index in [1.807, 2.05) is 0 Å². The number of amides is 2. The third kappa shape index (κ3) is 4.04. The smallest absolute Gasteiger partial charge is 0.291 e. The Morgan fingerprint density at radius 1 is 0.889 bits per heavy atom. The summed E-state index contributed by atoms with van der Waals surface area (Å²) in [4.78, 5) is 35.6. The van der Waals surface area contributed by atoms with Crippen molar-refractivity contribution in [1.29, 1.82) is 0 Å². The Hall–Kier alpha value is -3.87. The highest BCUT2D eigenvalue weighted by Gasteiger charge is 2.13. The Balaban J connectivity index is 1.76. The van der Waals surface area contributed by atoms with E-state index in [2.05, 4.69) is 10.6 Å². The van der Waals surface area contributed by atoms with Crippen molar-refractivity contribution in [3.8, 4) is 0 Å². The molecule has 2 amide bonds. The second-order valence-corrected chi connectivity index (χ2v) is 5.75. The fourth-order valence-electron chi connectivity index (χ4n) is 2.50. The maximum Gasteiger partial charge on any atom is 0.291 e. The van der Waals surface area contributed by atoms with Gasteiger partial charge in [0.2, 0.25) is 0 Å². The first-order valence-electron chi connectivity index (χ1n) is 8.03. The molecule has 0 bridgehead atoms. The molecule has 0 aliphatic rings. The number of carboxylic acid groups (broad SMARTS) is 1. The summed E-state index contributed by atoms with van der Waals surface area (Å²) in [5, 5.41) is 16.4. The molecule has 0 saturated carbocycles. The van der Waals surface area contributed by atoms with Crippen molar-refractivity contribution in [3.05, 3.63) is 83.3 Å². The number of hydrogen-bond acceptors (Lipinski definition) is 5. The van der Waals surface area contributed by atoms with Crippen molar-refractivity contribution >= 4 is 29.2 Å². The van der Waals surface area contributed by atoms with Crippen LogP contribution in [0.1, 0.15) is 36.8 Å². The minimum absolute atomic E-state index is 0.107. The van der Waals surface area contributed by atoms with Gasteiger partial charge in [-0.15, -0.1) is 0 Å². The Morgan fingerprint density at radius 2 is 1.63 bits per heavy atom. The number of rotatable bonds is 5. The SMILES string of the molecule is Cc1cc(C(=O)Nc2ccccc2C(=O)[O-])ccc1NC(=O)c1ccco1. The van der Waals surface area contributed by atoms with Crippen LogP contribution in [0.4, 0.5) is 11.4 Å². The first-order chi connectivity index (χ1) is 13.0. The number of anilines is 2. The maximum atomic E-state index is 12.4. The lowest BCUT2D eigenvalue weighted by Crippen LogP contribution is -2.24. The number of carboxylic acids is 1. The maximum absolute atomic E-state index is 12.4. The van der Waals surface area contributed by atoms with Crippen molar-refractivity contribution in [1.82, 2.24) is 0 Å². The van der Waals surface area contributed by atoms with Crippen molar-refractivity contribution in [3.63, 3.8) is 0 Å². The van der Waals surface area contributed by atoms with Gasteiger partial charge in [0, 0.05) is 16.8 Å². The number of carbonyl (C=O) groups excluding carboxylic acids is 3. The van der Waals surface area contributed by atoms with Crippen LogP contribution in [0.15, 0.2) is 65.3 Å². The van der Waals surface area contributed by atoms with Gasteiger partial charge < -0.3 is 25.0 Å². The van der Waals surface area contributed by atoms with Crippen LogP contribution in [0.2, 0.25) is 0 Å². The highest BCUT2D eigenvalue weighted by molar-refractivity contribution is 6.08. The van der Waals surface area contributed by atoms with Gasteiger partial charge in [-0.25, -0.2) is 0 Å². The molecule has 3 aromatic rings. The van der Waals surface area contributed by atoms with Gasteiger partial charge in [0.1, 0.15) is 0 Å². The number of aromatic carboxylic acids is 1. The molecular weight excluding hydrogens is 348 g/mol. The molecule has 0 fully saturated rings. The average molecular weight is 363 g/mol. The summed E-state index contributed by atoms with van der Waals surface area (Å²) in [7, 11) is 0. The van der Waals surface area contributed by atoms with Crippen LogP contribution in [-0.2, 0) is 0 Å². The summed E-state index contributed by atoms with van der Waals surface area (Å²) in [6.07, 6.45) is 1.40. The van der Waals surface area contributed by atoms with Crippen LogP contribution >= 0.6 is 0 Å². The van der Waals surface area contributed by atoms with Crippen molar-refractivity contribution in [2.75, 3.05) is 10.6 Å². The van der Waals surface area contributed by atoms with Crippen molar-refractivity contribution in [2.24, 2.45) is 0 Å². The Bertz CT molecular complexity index is 1010. The van der Waals surface area contributed by atoms with E-state index in [0.29, 0.717) is 16.8 Å². The minimum Gasteiger partial charge on any atom is -0.545 e. The Kier molecular flexibility index (Phi) is 5.03. The second-order valence-electron chi connectivity index (χ2n) is 5.75. The summed E-state index contributed by atoms with van der Waals surface area (Å²) in [5.41, 5.74) is 1.55. The topological polar surface area (TPSA) is 111 Å². The number of carbonyl (C=O) groups is 3. The Morgan fingerprint density at radius 3 is 2.30 bits per heavy atom. The summed E-state index contributed by atoms with van der Waals surface area (Å²) < 4.78 is 5.04. The molecule has 7 heteroatoms. The number of furan rings is 1. The number of aryl methyl sites for hydroxylation is 1. The Labute approximate surface area is 154 Å². The molecule has 0 atom stereocenters. The second kappa shape index (κ2) is 7.57. The molecule has 0 saturated heterocycles. The normalized spacial score (nSPS) is 10.3. The number of para-hydroxylation sites is 1. The highest BCUT2D eigenvalue weighted by atomic mass is 16.4. The lowest BCUT2D eigenvalue weighted by Gasteiger charge is -2.13. The van der Waals surface area contributed by atoms with Crippen LogP contribution in [0.3, 0.4) is 0 Å². The molecule has 3 rings (SSSR count). The van der Waals surface area contributed by atoms with E-state index in [0.717, 1.165) is 0 Å². The molecule has 2 aromatic carbocycles. The molecule has 0 aliphatic carbocycles. The molecule has 0 unspecified atom stereocenters. The van der Waals surface area contributed by atoms with E-state index in [1.54, 1.807) is 43.3 Å². The molecule has 0 aliphatic heterocycles. The first-order valence-corrected chi connectivity index (χ1v) is 8.03. The van der Waals surface area contributed by atoms with Crippen LogP contribution in [0, 0.1) is 6.92 Å².